The molecule has 0 radical (unpaired) electrons. The number of fused-ring (bicyclic) bond motifs is 1. The summed E-state index contributed by atoms with van der Waals surface area (Å²) >= 11 is 0. The number of nitrogens with one attached hydrogen (secondary N) is 1. The lowest BCUT2D eigenvalue weighted by molar-refractivity contribution is -0.140. The molecule has 3 aromatic rings. The molecular formula is C18H21F3N8O2. The van der Waals surface area contributed by atoms with Gasteiger partial charge in [0.2, 0.25) is 0 Å². The van der Waals surface area contributed by atoms with Gasteiger partial charge in [0.25, 0.3) is 5.91 Å². The van der Waals surface area contributed by atoms with Crippen LogP contribution in [0, 0.1) is 0 Å². The average molecular weight is 438 g/mol. The molecule has 166 valence electrons. The van der Waals surface area contributed by atoms with Crippen LogP contribution in [-0.2, 0) is 13.2 Å². The lowest BCUT2D eigenvalue weighted by atomic mass is 9.80. The van der Waals surface area contributed by atoms with Crippen LogP contribution in [0.4, 0.5) is 24.7 Å². The van der Waals surface area contributed by atoms with Crippen molar-refractivity contribution >= 4 is 23.1 Å². The van der Waals surface area contributed by atoms with Crippen molar-refractivity contribution in [3.63, 3.8) is 0 Å². The Hall–Kier alpha value is -3.19. The largest absolute Gasteiger partial charge is 0.437 e. The number of anilines is 2. The highest BCUT2D eigenvalue weighted by Crippen LogP contribution is 2.36. The molecule has 0 aromatic carbocycles. The van der Waals surface area contributed by atoms with Crippen LogP contribution in [0.1, 0.15) is 46.9 Å². The Labute approximate surface area is 174 Å². The van der Waals surface area contributed by atoms with Gasteiger partial charge in [-0.1, -0.05) is 6.42 Å². The van der Waals surface area contributed by atoms with Gasteiger partial charge in [0.05, 0.1) is 17.5 Å². The Bertz CT molecular complexity index is 1140. The topological polar surface area (TPSA) is 149 Å². The number of aryl methyl sites for hydroxylation is 1. The van der Waals surface area contributed by atoms with Gasteiger partial charge in [-0.3, -0.25) is 9.48 Å². The van der Waals surface area contributed by atoms with Crippen molar-refractivity contribution < 1.29 is 23.1 Å². The molecule has 1 fully saturated rings. The van der Waals surface area contributed by atoms with Gasteiger partial charge in [0, 0.05) is 31.4 Å². The number of aromatic nitrogens is 5. The molecule has 1 aliphatic carbocycles. The molecule has 4 rings (SSSR count). The molecule has 10 nitrogen and oxygen atoms in total. The van der Waals surface area contributed by atoms with Crippen molar-refractivity contribution in [1.82, 2.24) is 24.4 Å². The number of nitrogens with two attached hydrogens (primary N) is 2. The van der Waals surface area contributed by atoms with Crippen LogP contribution >= 0.6 is 0 Å². The summed E-state index contributed by atoms with van der Waals surface area (Å²) < 4.78 is 42.2. The Morgan fingerprint density at radius 2 is 2.06 bits per heavy atom. The number of aliphatic hydroxyl groups excluding tert-OH is 1. The van der Waals surface area contributed by atoms with Gasteiger partial charge in [-0.2, -0.15) is 23.4 Å². The van der Waals surface area contributed by atoms with Crippen LogP contribution in [0.15, 0.2) is 18.5 Å². The van der Waals surface area contributed by atoms with Crippen LogP contribution in [-0.4, -0.2) is 47.5 Å². The number of rotatable bonds is 3. The van der Waals surface area contributed by atoms with Gasteiger partial charge in [0.15, 0.2) is 11.3 Å². The molecule has 3 heterocycles. The van der Waals surface area contributed by atoms with E-state index in [4.69, 9.17) is 11.5 Å². The highest BCUT2D eigenvalue weighted by Gasteiger charge is 2.39. The average Bonchev–Trinajstić information content (AvgIpc) is 3.23. The number of nitrogens with zero attached hydrogens (tertiary/aromatic N) is 5. The fourth-order valence-corrected chi connectivity index (χ4v) is 3.93. The number of nitrogen functional groups attached to an aromatic ring is 1. The van der Waals surface area contributed by atoms with E-state index < -0.39 is 41.5 Å². The number of amides is 1. The Balaban J connectivity index is 1.81. The van der Waals surface area contributed by atoms with Gasteiger partial charge in [-0.15, -0.1) is 0 Å². The molecule has 0 saturated heterocycles. The highest BCUT2D eigenvalue weighted by atomic mass is 19.4. The van der Waals surface area contributed by atoms with Crippen molar-refractivity contribution in [1.29, 1.82) is 0 Å². The van der Waals surface area contributed by atoms with Crippen LogP contribution in [0.5, 0.6) is 0 Å². The summed E-state index contributed by atoms with van der Waals surface area (Å²) in [5.41, 5.74) is 10.5. The smallest absolute Gasteiger partial charge is 0.391 e. The summed E-state index contributed by atoms with van der Waals surface area (Å²) in [5, 5.41) is 20.3. The third-order valence-electron chi connectivity index (χ3n) is 5.38. The minimum absolute atomic E-state index is 0.0428. The summed E-state index contributed by atoms with van der Waals surface area (Å²) in [6, 6.07) is 0.788. The molecule has 1 saturated carbocycles. The van der Waals surface area contributed by atoms with Crippen molar-refractivity contribution in [2.75, 3.05) is 11.1 Å². The quantitative estimate of drug-likeness (QED) is 0.481. The predicted molar refractivity (Wildman–Crippen MR) is 104 cm³/mol. The maximum Gasteiger partial charge on any atom is 0.437 e. The molecule has 3 atom stereocenters. The Morgan fingerprint density at radius 1 is 1.32 bits per heavy atom. The van der Waals surface area contributed by atoms with Gasteiger partial charge < -0.3 is 21.9 Å². The molecule has 3 unspecified atom stereocenters. The van der Waals surface area contributed by atoms with E-state index in [1.165, 1.54) is 23.8 Å². The SMILES string of the molecule is Cn1cc(NC(=O)c2c(C3CCCC(O)C3N)nn3ccc(N)nc23)c(C(F)(F)F)n1. The van der Waals surface area contributed by atoms with E-state index in [-0.39, 0.29) is 22.7 Å². The number of hydrogen-bond donors (Lipinski definition) is 4. The van der Waals surface area contributed by atoms with E-state index in [1.807, 2.05) is 0 Å². The van der Waals surface area contributed by atoms with E-state index in [0.717, 1.165) is 10.9 Å². The summed E-state index contributed by atoms with van der Waals surface area (Å²) in [6.07, 6.45) is -1.26. The first-order valence-corrected chi connectivity index (χ1v) is 9.57. The molecule has 31 heavy (non-hydrogen) atoms. The minimum atomic E-state index is -4.76. The lowest BCUT2D eigenvalue weighted by Gasteiger charge is -2.32. The number of hydrogen-bond acceptors (Lipinski definition) is 7. The van der Waals surface area contributed by atoms with Gasteiger partial charge in [-0.25, -0.2) is 9.50 Å². The van der Waals surface area contributed by atoms with E-state index in [1.54, 1.807) is 0 Å². The molecule has 0 aliphatic heterocycles. The third-order valence-corrected chi connectivity index (χ3v) is 5.38. The monoisotopic (exact) mass is 438 g/mol. The zero-order chi connectivity index (χ0) is 22.5. The molecular weight excluding hydrogens is 417 g/mol. The first kappa shape index (κ1) is 21.1. The maximum atomic E-state index is 13.3. The number of halogens is 3. The zero-order valence-electron chi connectivity index (χ0n) is 16.5. The van der Waals surface area contributed by atoms with Crippen molar-refractivity contribution in [3.05, 3.63) is 35.4 Å². The van der Waals surface area contributed by atoms with E-state index >= 15 is 0 Å². The Morgan fingerprint density at radius 3 is 2.77 bits per heavy atom. The third kappa shape index (κ3) is 3.81. The second kappa shape index (κ2) is 7.50. The van der Waals surface area contributed by atoms with Crippen LogP contribution in [0.25, 0.3) is 5.65 Å². The lowest BCUT2D eigenvalue weighted by Crippen LogP contribution is -2.43. The van der Waals surface area contributed by atoms with E-state index in [2.05, 4.69) is 20.5 Å². The molecule has 1 amide bonds. The minimum Gasteiger partial charge on any atom is -0.391 e. The molecule has 13 heteroatoms. The fraction of sp³-hybridized carbons (Fsp3) is 0.444. The summed E-state index contributed by atoms with van der Waals surface area (Å²) in [4.78, 5) is 17.3. The number of aliphatic hydroxyl groups is 1. The molecule has 6 N–H and O–H groups in total. The van der Waals surface area contributed by atoms with Crippen LogP contribution in [0.3, 0.4) is 0 Å². The molecule has 0 spiro atoms. The summed E-state index contributed by atoms with van der Waals surface area (Å²) in [5.74, 6) is -1.23. The predicted octanol–water partition coefficient (Wildman–Crippen LogP) is 1.27. The first-order chi connectivity index (χ1) is 14.6. The van der Waals surface area contributed by atoms with Crippen molar-refractivity contribution in [2.24, 2.45) is 12.8 Å². The summed E-state index contributed by atoms with van der Waals surface area (Å²) in [6.45, 7) is 0. The zero-order valence-corrected chi connectivity index (χ0v) is 16.5. The molecule has 1 aliphatic rings. The second-order valence-electron chi connectivity index (χ2n) is 7.58. The van der Waals surface area contributed by atoms with Crippen LogP contribution in [0.2, 0.25) is 0 Å². The maximum absolute atomic E-state index is 13.3. The van der Waals surface area contributed by atoms with Gasteiger partial charge in [-0.05, 0) is 18.9 Å². The second-order valence-corrected chi connectivity index (χ2v) is 7.58. The van der Waals surface area contributed by atoms with Crippen LogP contribution < -0.4 is 16.8 Å². The molecule has 3 aromatic heterocycles. The highest BCUT2D eigenvalue weighted by molar-refractivity contribution is 6.09. The summed E-state index contributed by atoms with van der Waals surface area (Å²) in [7, 11) is 1.32. The first-order valence-electron chi connectivity index (χ1n) is 9.57. The molecule has 0 bridgehead atoms. The standard InChI is InChI=1S/C18H21F3N8O2/c1-28-7-9(15(27-28)18(19,20)21)24-17(31)12-14(8-3-2-4-10(30)13(8)23)26-29-6-5-11(22)25-16(12)29/h5-8,10,13,30H,2-4,23H2,1H3,(H2,22,25)(H,24,31). The van der Waals surface area contributed by atoms with Gasteiger partial charge >= 0.3 is 6.18 Å². The fourth-order valence-electron chi connectivity index (χ4n) is 3.93. The number of alkyl halides is 3. The number of carbonyl (C=O) groups excluding carboxylic acids is 1. The van der Waals surface area contributed by atoms with Crippen molar-refractivity contribution in [2.45, 2.75) is 43.5 Å². The Kier molecular flexibility index (Phi) is 5.09. The van der Waals surface area contributed by atoms with E-state index in [9.17, 15) is 23.1 Å². The number of carbonyl (C=O) groups is 1. The van der Waals surface area contributed by atoms with E-state index in [0.29, 0.717) is 19.3 Å². The van der Waals surface area contributed by atoms with Gasteiger partial charge in [0.1, 0.15) is 11.4 Å². The normalized spacial score (nSPS) is 22.1. The van der Waals surface area contributed by atoms with Crippen molar-refractivity contribution in [3.8, 4) is 0 Å².